The topological polar surface area (TPSA) is 291 Å². The third kappa shape index (κ3) is 51.7. The lowest BCUT2D eigenvalue weighted by molar-refractivity contribution is -0.122. The van der Waals surface area contributed by atoms with Gasteiger partial charge in [-0.15, -0.1) is 20.4 Å². The Balaban J connectivity index is 1.12. The van der Waals surface area contributed by atoms with Crippen LogP contribution < -0.4 is 11.1 Å². The predicted octanol–water partition coefficient (Wildman–Crippen LogP) is 0.539. The van der Waals surface area contributed by atoms with E-state index in [0.717, 1.165) is 11.1 Å². The number of nitrogens with zero attached hydrogens (tertiary/aromatic N) is 4. The van der Waals surface area contributed by atoms with Crippen LogP contribution in [0.1, 0.15) is 17.8 Å². The van der Waals surface area contributed by atoms with Gasteiger partial charge in [-0.3, -0.25) is 4.79 Å². The molecule has 0 fully saturated rings. The maximum Gasteiger partial charge on any atom is 0.222 e. The van der Waals surface area contributed by atoms with Gasteiger partial charge >= 0.3 is 0 Å². The molecule has 3 N–H and O–H groups in total. The number of aryl methyl sites for hydroxylation is 1. The zero-order valence-corrected chi connectivity index (χ0v) is 47.7. The smallest absolute Gasteiger partial charge is 0.222 e. The summed E-state index contributed by atoms with van der Waals surface area (Å²) in [6, 6.07) is 7.55. The van der Waals surface area contributed by atoms with Crippen LogP contribution in [0, 0.1) is 6.92 Å². The van der Waals surface area contributed by atoms with Crippen LogP contribution in [0.2, 0.25) is 0 Å². The van der Waals surface area contributed by atoms with Gasteiger partial charge in [-0.05, 0) is 12.5 Å². The van der Waals surface area contributed by atoms with Crippen molar-refractivity contribution in [1.82, 2.24) is 25.7 Å². The summed E-state index contributed by atoms with van der Waals surface area (Å²) in [5, 5.41) is 18.8. The predicted molar refractivity (Wildman–Crippen MR) is 290 cm³/mol. The number of ether oxygens (including phenoxy) is 20. The van der Waals surface area contributed by atoms with Crippen molar-refractivity contribution in [3.8, 4) is 11.4 Å². The Kier molecular flexibility index (Phi) is 55.0. The zero-order valence-electron chi connectivity index (χ0n) is 47.7. The third-order valence-corrected chi connectivity index (χ3v) is 10.1. The van der Waals surface area contributed by atoms with Gasteiger partial charge in [0.2, 0.25) is 11.7 Å². The van der Waals surface area contributed by atoms with Crippen LogP contribution in [0.15, 0.2) is 24.3 Å². The van der Waals surface area contributed by atoms with Crippen molar-refractivity contribution >= 4 is 5.91 Å². The fourth-order valence-electron chi connectivity index (χ4n) is 5.98. The lowest BCUT2D eigenvalue weighted by atomic mass is 10.1. The van der Waals surface area contributed by atoms with Crippen molar-refractivity contribution in [2.75, 3.05) is 271 Å². The van der Waals surface area contributed by atoms with Crippen LogP contribution in [0.25, 0.3) is 11.4 Å². The molecule has 1 aromatic heterocycles. The molecule has 0 aliphatic carbocycles. The number of nitrogens with two attached hydrogens (primary N) is 1. The summed E-state index contributed by atoms with van der Waals surface area (Å²) in [5.41, 5.74) is 7.11. The van der Waals surface area contributed by atoms with Crippen molar-refractivity contribution in [3.63, 3.8) is 0 Å². The number of benzene rings is 1. The van der Waals surface area contributed by atoms with Crippen molar-refractivity contribution in [2.45, 2.75) is 19.9 Å². The molecule has 1 aromatic carbocycles. The molecule has 464 valence electrons. The number of carbonyl (C=O) groups excluding carboxylic acids is 1. The third-order valence-electron chi connectivity index (χ3n) is 10.1. The van der Waals surface area contributed by atoms with Crippen molar-refractivity contribution in [2.24, 2.45) is 5.73 Å². The maximum absolute atomic E-state index is 12.2. The highest BCUT2D eigenvalue weighted by molar-refractivity contribution is 5.76. The Morgan fingerprint density at radius 1 is 0.325 bits per heavy atom. The van der Waals surface area contributed by atoms with Gasteiger partial charge in [-0.1, -0.05) is 24.3 Å². The Morgan fingerprint density at radius 2 is 0.537 bits per heavy atom. The monoisotopic (exact) mass is 1150 g/mol. The number of hydrogen-bond donors (Lipinski definition) is 2. The number of hydrogen-bond acceptors (Lipinski definition) is 26. The second-order valence-corrected chi connectivity index (χ2v) is 16.5. The second kappa shape index (κ2) is 60.4. The summed E-state index contributed by atoms with van der Waals surface area (Å²) >= 11 is 0. The Morgan fingerprint density at radius 3 is 0.762 bits per heavy atom. The first-order valence-electron chi connectivity index (χ1n) is 27.8. The normalized spacial score (nSPS) is 11.6. The molecule has 1 amide bonds. The fourth-order valence-corrected chi connectivity index (χ4v) is 5.98. The molecule has 0 spiro atoms. The Labute approximate surface area is 473 Å². The molecule has 0 aliphatic heterocycles. The molecular formula is C53H96N6O21. The molecule has 0 unspecified atom stereocenters. The standard InChI is InChI=1S/C53H96N6O21/c1-49-56-58-53(59-57-49)51-4-2-50(3-5-51)48-55-52(60)6-8-61-10-12-63-14-16-65-18-20-67-22-24-69-26-28-71-30-32-73-34-36-75-38-40-77-42-44-79-46-47-80-45-43-78-41-39-76-37-35-74-33-31-72-29-27-70-25-23-68-21-19-66-17-15-64-13-11-62-9-7-54/h2-5H,6-48,54H2,1H3,(H,55,60). The summed E-state index contributed by atoms with van der Waals surface area (Å²) < 4.78 is 110. The van der Waals surface area contributed by atoms with Gasteiger partial charge < -0.3 is 106 Å². The van der Waals surface area contributed by atoms with E-state index in [-0.39, 0.29) is 12.3 Å². The Bertz CT molecular complexity index is 1570. The molecule has 0 radical (unpaired) electrons. The van der Waals surface area contributed by atoms with Gasteiger partial charge in [-0.25, -0.2) is 0 Å². The minimum absolute atomic E-state index is 0.0921. The van der Waals surface area contributed by atoms with E-state index < -0.39 is 0 Å². The van der Waals surface area contributed by atoms with Crippen LogP contribution in [0.5, 0.6) is 0 Å². The van der Waals surface area contributed by atoms with Crippen LogP contribution in [-0.2, 0) is 106 Å². The number of aromatic nitrogens is 4. The van der Waals surface area contributed by atoms with Gasteiger partial charge in [0.15, 0.2) is 5.82 Å². The van der Waals surface area contributed by atoms with Gasteiger partial charge in [0, 0.05) is 25.1 Å². The number of rotatable bonds is 65. The molecule has 0 saturated heterocycles. The van der Waals surface area contributed by atoms with E-state index in [1.165, 1.54) is 0 Å². The van der Waals surface area contributed by atoms with Crippen LogP contribution in [0.3, 0.4) is 0 Å². The van der Waals surface area contributed by atoms with Gasteiger partial charge in [0.25, 0.3) is 0 Å². The first kappa shape index (κ1) is 72.9. The molecule has 27 heteroatoms. The highest BCUT2D eigenvalue weighted by atomic mass is 16.6. The highest BCUT2D eigenvalue weighted by Crippen LogP contribution is 2.14. The van der Waals surface area contributed by atoms with E-state index in [4.69, 9.17) is 100 Å². The molecule has 0 bridgehead atoms. The van der Waals surface area contributed by atoms with Crippen molar-refractivity contribution in [1.29, 1.82) is 0 Å². The van der Waals surface area contributed by atoms with Crippen LogP contribution in [-0.4, -0.2) is 297 Å². The summed E-state index contributed by atoms with van der Waals surface area (Å²) in [7, 11) is 0. The van der Waals surface area contributed by atoms with E-state index in [1.807, 2.05) is 24.3 Å². The molecular weight excluding hydrogens is 1060 g/mol. The summed E-state index contributed by atoms with van der Waals surface area (Å²) in [5.74, 6) is 0.874. The highest BCUT2D eigenvalue weighted by Gasteiger charge is 2.06. The van der Waals surface area contributed by atoms with Crippen molar-refractivity contribution in [3.05, 3.63) is 35.7 Å². The number of amides is 1. The van der Waals surface area contributed by atoms with Crippen LogP contribution in [0.4, 0.5) is 0 Å². The molecule has 0 saturated carbocycles. The number of carbonyl (C=O) groups is 1. The molecule has 0 aliphatic rings. The minimum atomic E-state index is -0.0921. The van der Waals surface area contributed by atoms with E-state index in [1.54, 1.807) is 6.92 Å². The van der Waals surface area contributed by atoms with Gasteiger partial charge in [0.05, 0.1) is 264 Å². The lowest BCUT2D eigenvalue weighted by Gasteiger charge is -2.09. The van der Waals surface area contributed by atoms with Crippen molar-refractivity contribution < 1.29 is 99.5 Å². The largest absolute Gasteiger partial charge is 0.379 e. The molecule has 27 nitrogen and oxygen atoms in total. The summed E-state index contributed by atoms with van der Waals surface area (Å²) in [4.78, 5) is 12.2. The number of nitrogens with one attached hydrogen (secondary N) is 1. The molecule has 2 aromatic rings. The van der Waals surface area contributed by atoms with E-state index >= 15 is 0 Å². The fraction of sp³-hybridized carbons (Fsp3) is 0.830. The molecule has 1 heterocycles. The minimum Gasteiger partial charge on any atom is -0.379 e. The summed E-state index contributed by atoms with van der Waals surface area (Å²) in [6.45, 7) is 21.9. The molecule has 0 atom stereocenters. The quantitative estimate of drug-likeness (QED) is 0.0855. The maximum atomic E-state index is 12.2. The summed E-state index contributed by atoms with van der Waals surface area (Å²) in [6.07, 6.45) is 0.262. The SMILES string of the molecule is Cc1nnc(-c2ccc(CNC(=O)CCOCCOCCOCCOCCOCCOCCOCCOCCOCCOCCOCCOCCOCCOCCOCCOCCOCCOCCOCCOCCN)cc2)nn1. The zero-order chi connectivity index (χ0) is 56.8. The average Bonchev–Trinajstić information content (AvgIpc) is 3.47. The average molecular weight is 1150 g/mol. The van der Waals surface area contributed by atoms with E-state index in [9.17, 15) is 4.79 Å². The van der Waals surface area contributed by atoms with Gasteiger partial charge in [0.1, 0.15) is 0 Å². The Hall–Kier alpha value is -3.21. The van der Waals surface area contributed by atoms with E-state index in [0.29, 0.717) is 289 Å². The van der Waals surface area contributed by atoms with Crippen LogP contribution >= 0.6 is 0 Å². The molecule has 2 rings (SSSR count). The van der Waals surface area contributed by atoms with E-state index in [2.05, 4.69) is 25.7 Å². The lowest BCUT2D eigenvalue weighted by Crippen LogP contribution is -2.24. The van der Waals surface area contributed by atoms with Gasteiger partial charge in [-0.2, -0.15) is 0 Å². The first-order chi connectivity index (χ1) is 39.7. The second-order valence-electron chi connectivity index (χ2n) is 16.5. The first-order valence-corrected chi connectivity index (χ1v) is 27.8. The molecule has 80 heavy (non-hydrogen) atoms.